The van der Waals surface area contributed by atoms with Crippen molar-refractivity contribution in [2.45, 2.75) is 27.2 Å². The van der Waals surface area contributed by atoms with Gasteiger partial charge in [0.2, 0.25) is 0 Å². The van der Waals surface area contributed by atoms with Crippen LogP contribution in [0.1, 0.15) is 32.2 Å². The third-order valence-electron chi connectivity index (χ3n) is 3.98. The van der Waals surface area contributed by atoms with Crippen molar-refractivity contribution in [3.05, 3.63) is 35.7 Å². The monoisotopic (exact) mass is 267 g/mol. The summed E-state index contributed by atoms with van der Waals surface area (Å²) in [4.78, 5) is 11.9. The second kappa shape index (κ2) is 5.23. The smallest absolute Gasteiger partial charge is 0.0911 e. The molecule has 2 aromatic rings. The van der Waals surface area contributed by atoms with Crippen molar-refractivity contribution in [2.24, 2.45) is 5.92 Å². The van der Waals surface area contributed by atoms with Crippen molar-refractivity contribution in [3.63, 3.8) is 0 Å². The lowest BCUT2D eigenvalue weighted by molar-refractivity contribution is 0.697. The zero-order valence-electron chi connectivity index (χ0n) is 12.4. The highest BCUT2D eigenvalue weighted by atomic mass is 15.1. The van der Waals surface area contributed by atoms with Crippen molar-refractivity contribution in [1.29, 1.82) is 0 Å². The fourth-order valence-electron chi connectivity index (χ4n) is 2.79. The lowest BCUT2D eigenvalue weighted by Crippen LogP contribution is -2.21. The van der Waals surface area contributed by atoms with Crippen LogP contribution in [0.2, 0.25) is 0 Å². The summed E-state index contributed by atoms with van der Waals surface area (Å²) >= 11 is 0. The van der Waals surface area contributed by atoms with Crippen LogP contribution in [0.5, 0.6) is 0 Å². The number of fused-ring (bicyclic) bond motifs is 2. The molecule has 0 fully saturated rings. The van der Waals surface area contributed by atoms with Crippen molar-refractivity contribution in [3.8, 4) is 0 Å². The second-order valence-electron chi connectivity index (χ2n) is 5.44. The van der Waals surface area contributed by atoms with Gasteiger partial charge in [-0.05, 0) is 50.5 Å². The van der Waals surface area contributed by atoms with E-state index in [0.717, 1.165) is 41.9 Å². The van der Waals surface area contributed by atoms with Crippen molar-refractivity contribution >= 4 is 22.8 Å². The predicted molar refractivity (Wildman–Crippen MR) is 85.0 cm³/mol. The fraction of sp³-hybridized carbons (Fsp3) is 0.412. The van der Waals surface area contributed by atoms with E-state index in [4.69, 9.17) is 9.97 Å². The molecule has 3 heteroatoms. The Hall–Kier alpha value is -1.90. The molecule has 1 aliphatic carbocycles. The number of hydrogen-bond acceptors (Lipinski definition) is 3. The number of benzene rings is 1. The summed E-state index contributed by atoms with van der Waals surface area (Å²) in [5.74, 6) is 0.556. The highest BCUT2D eigenvalue weighted by Crippen LogP contribution is 2.25. The molecule has 0 amide bonds. The quantitative estimate of drug-likeness (QED) is 0.849. The van der Waals surface area contributed by atoms with Crippen molar-refractivity contribution < 1.29 is 0 Å². The van der Waals surface area contributed by atoms with Crippen LogP contribution < -0.4 is 4.90 Å². The molecule has 1 unspecified atom stereocenters. The molecule has 1 aromatic heterocycles. The minimum absolute atomic E-state index is 0.556. The van der Waals surface area contributed by atoms with E-state index in [9.17, 15) is 0 Å². The lowest BCUT2D eigenvalue weighted by atomic mass is 9.97. The van der Waals surface area contributed by atoms with Gasteiger partial charge in [0, 0.05) is 18.8 Å². The molecule has 0 saturated carbocycles. The Labute approximate surface area is 120 Å². The van der Waals surface area contributed by atoms with Gasteiger partial charge in [-0.2, -0.15) is 0 Å². The summed E-state index contributed by atoms with van der Waals surface area (Å²) in [6, 6.07) is 6.40. The summed E-state index contributed by atoms with van der Waals surface area (Å²) in [5, 5.41) is 0. The van der Waals surface area contributed by atoms with Gasteiger partial charge in [-0.3, -0.25) is 0 Å². The van der Waals surface area contributed by atoms with Gasteiger partial charge in [0.1, 0.15) is 0 Å². The van der Waals surface area contributed by atoms with Gasteiger partial charge >= 0.3 is 0 Å². The van der Waals surface area contributed by atoms with Gasteiger partial charge in [-0.25, -0.2) is 9.97 Å². The van der Waals surface area contributed by atoms with E-state index in [1.54, 1.807) is 0 Å². The van der Waals surface area contributed by atoms with Crippen LogP contribution in [-0.4, -0.2) is 23.1 Å². The van der Waals surface area contributed by atoms with Crippen LogP contribution in [0.3, 0.4) is 0 Å². The van der Waals surface area contributed by atoms with Crippen molar-refractivity contribution in [2.75, 3.05) is 18.0 Å². The molecule has 104 valence electrons. The Morgan fingerprint density at radius 3 is 2.70 bits per heavy atom. The van der Waals surface area contributed by atoms with Gasteiger partial charge in [0.15, 0.2) is 0 Å². The van der Waals surface area contributed by atoms with Crippen LogP contribution in [-0.2, 0) is 6.42 Å². The number of nitrogens with zero attached hydrogens (tertiary/aromatic N) is 3. The Kier molecular flexibility index (Phi) is 3.43. The summed E-state index contributed by atoms with van der Waals surface area (Å²) in [6.07, 6.45) is 5.31. The molecule has 0 aliphatic heterocycles. The third-order valence-corrected chi connectivity index (χ3v) is 3.98. The van der Waals surface area contributed by atoms with Gasteiger partial charge in [0.25, 0.3) is 0 Å². The zero-order chi connectivity index (χ0) is 14.1. The molecule has 1 atom stereocenters. The third kappa shape index (κ3) is 2.28. The lowest BCUT2D eigenvalue weighted by Gasteiger charge is -2.21. The van der Waals surface area contributed by atoms with Crippen LogP contribution in [0, 0.1) is 5.92 Å². The van der Waals surface area contributed by atoms with Crippen molar-refractivity contribution in [1.82, 2.24) is 9.97 Å². The summed E-state index contributed by atoms with van der Waals surface area (Å²) < 4.78 is 0. The largest absolute Gasteiger partial charge is 0.372 e. The Morgan fingerprint density at radius 2 is 1.95 bits per heavy atom. The number of rotatable bonds is 3. The molecule has 0 saturated heterocycles. The molecule has 1 heterocycles. The molecule has 1 aromatic carbocycles. The maximum absolute atomic E-state index is 4.84. The first-order valence-corrected chi connectivity index (χ1v) is 7.45. The molecule has 0 N–H and O–H groups in total. The van der Waals surface area contributed by atoms with Crippen LogP contribution in [0.4, 0.5) is 5.69 Å². The first-order valence-electron chi connectivity index (χ1n) is 7.45. The molecule has 1 aliphatic rings. The van der Waals surface area contributed by atoms with E-state index in [-0.39, 0.29) is 0 Å². The Balaban J connectivity index is 2.08. The first-order chi connectivity index (χ1) is 9.71. The van der Waals surface area contributed by atoms with Crippen LogP contribution in [0.15, 0.2) is 24.3 Å². The maximum atomic E-state index is 4.84. The van der Waals surface area contributed by atoms with Gasteiger partial charge < -0.3 is 4.90 Å². The van der Waals surface area contributed by atoms with E-state index >= 15 is 0 Å². The summed E-state index contributed by atoms with van der Waals surface area (Å²) in [5.41, 5.74) is 5.39. The van der Waals surface area contributed by atoms with E-state index in [0.29, 0.717) is 5.92 Å². The van der Waals surface area contributed by atoms with Crippen LogP contribution in [0.25, 0.3) is 17.1 Å². The molecule has 3 nitrogen and oxygen atoms in total. The second-order valence-corrected chi connectivity index (χ2v) is 5.44. The first kappa shape index (κ1) is 13.1. The average molecular weight is 267 g/mol. The Bertz CT molecular complexity index is 657. The highest BCUT2D eigenvalue weighted by Gasteiger charge is 2.14. The van der Waals surface area contributed by atoms with E-state index in [1.165, 1.54) is 5.69 Å². The number of anilines is 1. The fourth-order valence-corrected chi connectivity index (χ4v) is 2.79. The zero-order valence-corrected chi connectivity index (χ0v) is 12.4. The summed E-state index contributed by atoms with van der Waals surface area (Å²) in [6.45, 7) is 8.61. The minimum atomic E-state index is 0.556. The molecule has 20 heavy (non-hydrogen) atoms. The molecule has 3 rings (SSSR count). The normalized spacial score (nSPS) is 17.2. The number of aromatic nitrogens is 2. The van der Waals surface area contributed by atoms with Gasteiger partial charge in [-0.15, -0.1) is 0 Å². The van der Waals surface area contributed by atoms with Crippen LogP contribution >= 0.6 is 0 Å². The minimum Gasteiger partial charge on any atom is -0.372 e. The molecular formula is C17H21N3. The predicted octanol–water partition coefficient (Wildman–Crippen LogP) is 3.68. The standard InChI is InChI=1S/C17H21N3/c1-4-20(5-2)13-7-9-15-17(11-13)19-16-10-12(3)6-8-14(16)18-15/h6-9,11-12H,4-5,10H2,1-3H3. The SMILES string of the molecule is CCN(CC)c1ccc2nc3c(nc2c1)CC(C)C=C3. The summed E-state index contributed by atoms with van der Waals surface area (Å²) in [7, 11) is 0. The maximum Gasteiger partial charge on any atom is 0.0911 e. The average Bonchev–Trinajstić information content (AvgIpc) is 2.46. The van der Waals surface area contributed by atoms with E-state index in [1.807, 2.05) is 0 Å². The number of hydrogen-bond donors (Lipinski definition) is 0. The van der Waals surface area contributed by atoms with Gasteiger partial charge in [-0.1, -0.05) is 13.0 Å². The number of allylic oxidation sites excluding steroid dienone is 1. The Morgan fingerprint density at radius 1 is 1.15 bits per heavy atom. The molecule has 0 radical (unpaired) electrons. The van der Waals surface area contributed by atoms with Gasteiger partial charge in [0.05, 0.1) is 22.4 Å². The highest BCUT2D eigenvalue weighted by molar-refractivity contribution is 5.80. The van der Waals surface area contributed by atoms with E-state index < -0.39 is 0 Å². The molecular weight excluding hydrogens is 246 g/mol. The van der Waals surface area contributed by atoms with E-state index in [2.05, 4.69) is 56.0 Å². The molecule has 0 spiro atoms. The molecule has 0 bridgehead atoms. The topological polar surface area (TPSA) is 29.0 Å².